The molecule has 212 valence electrons. The summed E-state index contributed by atoms with van der Waals surface area (Å²) in [7, 11) is 0. The Labute approximate surface area is 278 Å². The number of carbonyl (C=O) groups excluding carboxylic acids is 1. The average Bonchev–Trinajstić information content (AvgIpc) is 3.30. The maximum absolute atomic E-state index is 13.7. The molecule has 1 aliphatic rings. The zero-order chi connectivity index (χ0) is 29.1. The van der Waals surface area contributed by atoms with Crippen LogP contribution in [0.3, 0.4) is 0 Å². The molecular formula is C33H31ClI2N2O2S. The van der Waals surface area contributed by atoms with Crippen LogP contribution >= 0.6 is 68.1 Å². The first-order valence-corrected chi connectivity index (χ1v) is 16.8. The minimum absolute atomic E-state index is 0.135. The van der Waals surface area contributed by atoms with E-state index in [1.54, 1.807) is 23.5 Å². The number of ether oxygens (including phenoxy) is 1. The van der Waals surface area contributed by atoms with E-state index in [-0.39, 0.29) is 11.3 Å². The molecule has 0 spiro atoms. The SMILES string of the molecule is CC(C)(C)[C@@H]1CCc2c(sc(N=Cc3cc(I)cc(I)c3OCc3ccccc3)c2C(=O)Nc2ccc(Cl)cc2)C1. The Kier molecular flexibility index (Phi) is 9.78. The standard InChI is InChI=1S/C33H31ClI2N2O2S/c1-33(2,3)22-9-14-26-28(16-22)41-32(29(26)31(39)38-25-12-10-23(34)11-13-25)37-18-21-15-24(35)17-27(36)30(21)40-19-20-7-5-4-6-8-20/h4-8,10-13,15,17-18,22H,9,14,16,19H2,1-3H3,(H,38,39)/t22-/m1/s1. The van der Waals surface area contributed by atoms with Gasteiger partial charge in [-0.25, -0.2) is 4.99 Å². The van der Waals surface area contributed by atoms with Crippen molar-refractivity contribution in [1.29, 1.82) is 0 Å². The fourth-order valence-corrected chi connectivity index (χ4v) is 8.49. The first-order chi connectivity index (χ1) is 19.6. The van der Waals surface area contributed by atoms with E-state index in [9.17, 15) is 4.79 Å². The second-order valence-corrected chi connectivity index (χ2v) is 15.2. The number of rotatable bonds is 7. The summed E-state index contributed by atoms with van der Waals surface area (Å²) in [6, 6.07) is 21.5. The topological polar surface area (TPSA) is 50.7 Å². The fourth-order valence-electron chi connectivity index (χ4n) is 5.05. The Bertz CT molecular complexity index is 1580. The number of aliphatic imine (C=N–C) groups is 1. The third-order valence-corrected chi connectivity index (χ3v) is 10.2. The zero-order valence-corrected chi connectivity index (χ0v) is 29.0. The zero-order valence-electron chi connectivity index (χ0n) is 23.1. The smallest absolute Gasteiger partial charge is 0.259 e. The van der Waals surface area contributed by atoms with Crippen LogP contribution in [0.1, 0.15) is 59.1 Å². The van der Waals surface area contributed by atoms with Gasteiger partial charge in [-0.2, -0.15) is 0 Å². The number of nitrogens with one attached hydrogen (secondary N) is 1. The van der Waals surface area contributed by atoms with Crippen LogP contribution in [-0.2, 0) is 19.4 Å². The first-order valence-electron chi connectivity index (χ1n) is 13.5. The van der Waals surface area contributed by atoms with Gasteiger partial charge in [-0.1, -0.05) is 62.7 Å². The molecule has 0 aliphatic heterocycles. The number of hydrogen-bond donors (Lipinski definition) is 1. The molecule has 0 unspecified atom stereocenters. The van der Waals surface area contributed by atoms with Gasteiger partial charge in [0.25, 0.3) is 5.91 Å². The second kappa shape index (κ2) is 13.1. The highest BCUT2D eigenvalue weighted by Gasteiger charge is 2.33. The number of fused-ring (bicyclic) bond motifs is 1. The lowest BCUT2D eigenvalue weighted by molar-refractivity contribution is 0.102. The van der Waals surface area contributed by atoms with Gasteiger partial charge in [0.1, 0.15) is 17.4 Å². The molecule has 1 N–H and O–H groups in total. The van der Waals surface area contributed by atoms with Gasteiger partial charge >= 0.3 is 0 Å². The van der Waals surface area contributed by atoms with Crippen molar-refractivity contribution in [2.24, 2.45) is 16.3 Å². The van der Waals surface area contributed by atoms with Crippen LogP contribution in [0.2, 0.25) is 5.02 Å². The summed E-state index contributed by atoms with van der Waals surface area (Å²) in [6.07, 6.45) is 4.75. The summed E-state index contributed by atoms with van der Waals surface area (Å²) in [4.78, 5) is 20.0. The Hall–Kier alpha value is -1.95. The Balaban J connectivity index is 1.50. The Morgan fingerprint density at radius 1 is 1.12 bits per heavy atom. The van der Waals surface area contributed by atoms with E-state index in [2.05, 4.69) is 95.5 Å². The number of benzene rings is 3. The molecule has 8 heteroatoms. The van der Waals surface area contributed by atoms with E-state index in [1.807, 2.05) is 36.5 Å². The van der Waals surface area contributed by atoms with E-state index < -0.39 is 0 Å². The van der Waals surface area contributed by atoms with Crippen molar-refractivity contribution in [3.63, 3.8) is 0 Å². The largest absolute Gasteiger partial charge is 0.487 e. The summed E-state index contributed by atoms with van der Waals surface area (Å²) in [5, 5.41) is 4.44. The molecule has 5 rings (SSSR count). The number of carbonyl (C=O) groups is 1. The van der Waals surface area contributed by atoms with Crippen molar-refractivity contribution in [1.82, 2.24) is 0 Å². The maximum atomic E-state index is 13.7. The molecule has 4 aromatic rings. The molecule has 1 atom stereocenters. The Morgan fingerprint density at radius 2 is 1.85 bits per heavy atom. The van der Waals surface area contributed by atoms with E-state index in [0.29, 0.717) is 28.8 Å². The quantitative estimate of drug-likeness (QED) is 0.149. The van der Waals surface area contributed by atoms with Gasteiger partial charge in [-0.3, -0.25) is 4.79 Å². The second-order valence-electron chi connectivity index (χ2n) is 11.3. The molecule has 1 aliphatic carbocycles. The van der Waals surface area contributed by atoms with E-state index in [0.717, 1.165) is 53.8 Å². The van der Waals surface area contributed by atoms with E-state index in [4.69, 9.17) is 21.3 Å². The van der Waals surface area contributed by atoms with Crippen LogP contribution in [0.15, 0.2) is 71.7 Å². The minimum atomic E-state index is -0.135. The summed E-state index contributed by atoms with van der Waals surface area (Å²) < 4.78 is 8.42. The Morgan fingerprint density at radius 3 is 2.56 bits per heavy atom. The van der Waals surface area contributed by atoms with Crippen molar-refractivity contribution in [2.45, 2.75) is 46.6 Å². The van der Waals surface area contributed by atoms with Gasteiger partial charge < -0.3 is 10.1 Å². The normalized spacial score (nSPS) is 15.1. The average molecular weight is 809 g/mol. The van der Waals surface area contributed by atoms with Gasteiger partial charge in [-0.15, -0.1) is 11.3 Å². The predicted molar refractivity (Wildman–Crippen MR) is 189 cm³/mol. The van der Waals surface area contributed by atoms with E-state index in [1.165, 1.54) is 4.88 Å². The van der Waals surface area contributed by atoms with Crippen LogP contribution in [0, 0.1) is 18.5 Å². The third kappa shape index (κ3) is 7.53. The summed E-state index contributed by atoms with van der Waals surface area (Å²) in [6.45, 7) is 7.38. The molecule has 0 bridgehead atoms. The molecule has 1 aromatic heterocycles. The highest BCUT2D eigenvalue weighted by Crippen LogP contribution is 2.45. The van der Waals surface area contributed by atoms with Crippen molar-refractivity contribution >= 4 is 90.9 Å². The molecule has 1 amide bonds. The van der Waals surface area contributed by atoms with Gasteiger partial charge in [0.2, 0.25) is 0 Å². The van der Waals surface area contributed by atoms with Crippen LogP contribution in [0.25, 0.3) is 0 Å². The first kappa shape index (κ1) is 30.5. The third-order valence-electron chi connectivity index (χ3n) is 7.38. The van der Waals surface area contributed by atoms with Crippen LogP contribution in [0.5, 0.6) is 5.75 Å². The summed E-state index contributed by atoms with van der Waals surface area (Å²) in [5.74, 6) is 1.22. The van der Waals surface area contributed by atoms with Gasteiger partial charge in [0.15, 0.2) is 0 Å². The number of amides is 1. The lowest BCUT2D eigenvalue weighted by atomic mass is 9.72. The summed E-state index contributed by atoms with van der Waals surface area (Å²) >= 11 is 12.3. The minimum Gasteiger partial charge on any atom is -0.487 e. The highest BCUT2D eigenvalue weighted by molar-refractivity contribution is 14.1. The number of halogens is 3. The predicted octanol–water partition coefficient (Wildman–Crippen LogP) is 10.3. The molecular weight excluding hydrogens is 778 g/mol. The molecule has 4 nitrogen and oxygen atoms in total. The highest BCUT2D eigenvalue weighted by atomic mass is 127. The van der Waals surface area contributed by atoms with Gasteiger partial charge in [0.05, 0.1) is 9.13 Å². The van der Waals surface area contributed by atoms with Crippen LogP contribution in [-0.4, -0.2) is 12.1 Å². The van der Waals surface area contributed by atoms with Crippen molar-refractivity contribution < 1.29 is 9.53 Å². The lowest BCUT2D eigenvalue weighted by Crippen LogP contribution is -2.27. The molecule has 0 radical (unpaired) electrons. The summed E-state index contributed by atoms with van der Waals surface area (Å²) in [5.41, 5.74) is 4.72. The number of nitrogens with zero attached hydrogens (tertiary/aromatic N) is 1. The molecule has 3 aromatic carbocycles. The van der Waals surface area contributed by atoms with Crippen molar-refractivity contribution in [3.05, 3.63) is 106 Å². The monoisotopic (exact) mass is 808 g/mol. The maximum Gasteiger partial charge on any atom is 0.259 e. The number of thiophene rings is 1. The molecule has 1 heterocycles. The van der Waals surface area contributed by atoms with Crippen LogP contribution in [0.4, 0.5) is 10.7 Å². The molecule has 0 saturated carbocycles. The van der Waals surface area contributed by atoms with Gasteiger partial charge in [0, 0.05) is 30.9 Å². The number of hydrogen-bond acceptors (Lipinski definition) is 4. The van der Waals surface area contributed by atoms with E-state index >= 15 is 0 Å². The molecule has 41 heavy (non-hydrogen) atoms. The lowest BCUT2D eigenvalue weighted by Gasteiger charge is -2.33. The number of anilines is 1. The fraction of sp³-hybridized carbons (Fsp3) is 0.273. The van der Waals surface area contributed by atoms with Crippen molar-refractivity contribution in [2.75, 3.05) is 5.32 Å². The molecule has 0 fully saturated rings. The van der Waals surface area contributed by atoms with Crippen molar-refractivity contribution in [3.8, 4) is 5.75 Å². The van der Waals surface area contributed by atoms with Crippen LogP contribution < -0.4 is 10.1 Å². The molecule has 0 saturated heterocycles. The van der Waals surface area contributed by atoms with Gasteiger partial charge in [-0.05, 0) is 123 Å².